The summed E-state index contributed by atoms with van der Waals surface area (Å²) in [6, 6.07) is 0. The number of nitrogens with one attached hydrogen (secondary N) is 2. The van der Waals surface area contributed by atoms with Gasteiger partial charge in [0.15, 0.2) is 0 Å². The Kier molecular flexibility index (Phi) is 7.50. The lowest BCUT2D eigenvalue weighted by molar-refractivity contribution is -0.130. The summed E-state index contributed by atoms with van der Waals surface area (Å²) in [5.74, 6) is 1.86. The van der Waals surface area contributed by atoms with Crippen molar-refractivity contribution in [1.82, 2.24) is 14.9 Å². The Labute approximate surface area is 127 Å². The Bertz CT molecular complexity index is 446. The molecule has 0 radical (unpaired) electrons. The van der Waals surface area contributed by atoms with E-state index in [1.165, 1.54) is 0 Å². The molecule has 0 atom stereocenters. The van der Waals surface area contributed by atoms with Crippen LogP contribution in [0.5, 0.6) is 0 Å². The van der Waals surface area contributed by atoms with Crippen molar-refractivity contribution in [2.24, 2.45) is 0 Å². The Balaban J connectivity index is 2.63. The second-order valence-electron chi connectivity index (χ2n) is 4.68. The standard InChI is InChI=1S/C15H27N5O/c1-5-12-14(16-6-2)18-11-19-15(12)17-10-9-13(21)20(7-3)8-4/h11H,5-10H2,1-4H3,(H2,16,17,18,19). The third-order valence-electron chi connectivity index (χ3n) is 3.39. The minimum Gasteiger partial charge on any atom is -0.370 e. The minimum absolute atomic E-state index is 0.173. The predicted octanol–water partition coefficient (Wildman–Crippen LogP) is 2.14. The molecule has 1 aromatic heterocycles. The average molecular weight is 293 g/mol. The molecule has 0 bridgehead atoms. The first-order chi connectivity index (χ1) is 10.2. The van der Waals surface area contributed by atoms with E-state index in [0.29, 0.717) is 13.0 Å². The Hall–Kier alpha value is -1.85. The summed E-state index contributed by atoms with van der Waals surface area (Å²) in [5, 5.41) is 6.50. The molecule has 118 valence electrons. The molecule has 2 N–H and O–H groups in total. The van der Waals surface area contributed by atoms with E-state index in [0.717, 1.165) is 43.3 Å². The molecule has 0 aliphatic heterocycles. The average Bonchev–Trinajstić information content (AvgIpc) is 2.49. The summed E-state index contributed by atoms with van der Waals surface area (Å²) in [5.41, 5.74) is 1.06. The molecule has 1 heterocycles. The molecule has 1 rings (SSSR count). The maximum absolute atomic E-state index is 12.0. The third kappa shape index (κ3) is 4.88. The minimum atomic E-state index is 0.173. The number of amides is 1. The van der Waals surface area contributed by atoms with E-state index >= 15 is 0 Å². The molecule has 1 aromatic rings. The number of carbonyl (C=O) groups excluding carboxylic acids is 1. The SMILES string of the molecule is CCNc1ncnc(NCCC(=O)N(CC)CC)c1CC. The molecular weight excluding hydrogens is 266 g/mol. The number of aromatic nitrogens is 2. The highest BCUT2D eigenvalue weighted by Crippen LogP contribution is 2.20. The van der Waals surface area contributed by atoms with Gasteiger partial charge in [0.2, 0.25) is 5.91 Å². The summed E-state index contributed by atoms with van der Waals surface area (Å²) in [6.07, 6.45) is 2.87. The molecule has 0 aliphatic rings. The summed E-state index contributed by atoms with van der Waals surface area (Å²) >= 11 is 0. The summed E-state index contributed by atoms with van der Waals surface area (Å²) in [6.45, 7) is 11.0. The van der Waals surface area contributed by atoms with Crippen molar-refractivity contribution in [3.8, 4) is 0 Å². The number of hydrogen-bond acceptors (Lipinski definition) is 5. The van der Waals surface area contributed by atoms with Gasteiger partial charge in [-0.05, 0) is 27.2 Å². The van der Waals surface area contributed by atoms with Crippen LogP contribution in [0.15, 0.2) is 6.33 Å². The second kappa shape index (κ2) is 9.15. The zero-order valence-corrected chi connectivity index (χ0v) is 13.6. The van der Waals surface area contributed by atoms with Crippen LogP contribution in [0.1, 0.15) is 39.7 Å². The zero-order chi connectivity index (χ0) is 15.7. The molecule has 0 saturated carbocycles. The maximum atomic E-state index is 12.0. The van der Waals surface area contributed by atoms with E-state index in [1.54, 1.807) is 6.33 Å². The van der Waals surface area contributed by atoms with Crippen molar-refractivity contribution >= 4 is 17.5 Å². The van der Waals surface area contributed by atoms with Gasteiger partial charge < -0.3 is 15.5 Å². The Morgan fingerprint density at radius 1 is 1.10 bits per heavy atom. The lowest BCUT2D eigenvalue weighted by atomic mass is 10.2. The molecule has 6 nitrogen and oxygen atoms in total. The van der Waals surface area contributed by atoms with Gasteiger partial charge in [0.1, 0.15) is 18.0 Å². The van der Waals surface area contributed by atoms with Gasteiger partial charge in [-0.15, -0.1) is 0 Å². The van der Waals surface area contributed by atoms with Crippen LogP contribution >= 0.6 is 0 Å². The van der Waals surface area contributed by atoms with Gasteiger partial charge in [0.05, 0.1) is 0 Å². The Morgan fingerprint density at radius 3 is 2.24 bits per heavy atom. The fraction of sp³-hybridized carbons (Fsp3) is 0.667. The first kappa shape index (κ1) is 17.2. The molecule has 1 amide bonds. The van der Waals surface area contributed by atoms with Crippen LogP contribution < -0.4 is 10.6 Å². The van der Waals surface area contributed by atoms with E-state index in [-0.39, 0.29) is 5.91 Å². The van der Waals surface area contributed by atoms with Crippen LogP contribution in [0, 0.1) is 0 Å². The van der Waals surface area contributed by atoms with E-state index in [9.17, 15) is 4.79 Å². The number of rotatable bonds is 9. The number of carbonyl (C=O) groups is 1. The number of nitrogens with zero attached hydrogens (tertiary/aromatic N) is 3. The molecule has 0 spiro atoms. The predicted molar refractivity (Wildman–Crippen MR) is 86.6 cm³/mol. The highest BCUT2D eigenvalue weighted by Gasteiger charge is 2.11. The second-order valence-corrected chi connectivity index (χ2v) is 4.68. The van der Waals surface area contributed by atoms with E-state index in [2.05, 4.69) is 27.5 Å². The summed E-state index contributed by atoms with van der Waals surface area (Å²) < 4.78 is 0. The molecule has 0 unspecified atom stereocenters. The molecule has 21 heavy (non-hydrogen) atoms. The van der Waals surface area contributed by atoms with Crippen molar-refractivity contribution < 1.29 is 4.79 Å². The van der Waals surface area contributed by atoms with Crippen molar-refractivity contribution in [3.05, 3.63) is 11.9 Å². The highest BCUT2D eigenvalue weighted by atomic mass is 16.2. The van der Waals surface area contributed by atoms with Crippen LogP contribution in [0.4, 0.5) is 11.6 Å². The molecule has 0 saturated heterocycles. The zero-order valence-electron chi connectivity index (χ0n) is 13.6. The quantitative estimate of drug-likeness (QED) is 0.730. The number of anilines is 2. The monoisotopic (exact) mass is 293 g/mol. The van der Waals surface area contributed by atoms with Crippen molar-refractivity contribution in [3.63, 3.8) is 0 Å². The van der Waals surface area contributed by atoms with Crippen LogP contribution in [0.25, 0.3) is 0 Å². The van der Waals surface area contributed by atoms with Crippen LogP contribution in [0.2, 0.25) is 0 Å². The largest absolute Gasteiger partial charge is 0.370 e. The fourth-order valence-electron chi connectivity index (χ4n) is 2.24. The van der Waals surface area contributed by atoms with Gasteiger partial charge in [0, 0.05) is 38.2 Å². The van der Waals surface area contributed by atoms with Crippen LogP contribution in [-0.4, -0.2) is 47.0 Å². The highest BCUT2D eigenvalue weighted by molar-refractivity contribution is 5.76. The van der Waals surface area contributed by atoms with Gasteiger partial charge in [-0.25, -0.2) is 9.97 Å². The fourth-order valence-corrected chi connectivity index (χ4v) is 2.24. The van der Waals surface area contributed by atoms with Gasteiger partial charge in [-0.3, -0.25) is 4.79 Å². The smallest absolute Gasteiger partial charge is 0.224 e. The van der Waals surface area contributed by atoms with E-state index in [4.69, 9.17) is 0 Å². The van der Waals surface area contributed by atoms with Gasteiger partial charge in [-0.2, -0.15) is 0 Å². The molecular formula is C15H27N5O. The Morgan fingerprint density at radius 2 is 1.71 bits per heavy atom. The first-order valence-corrected chi connectivity index (χ1v) is 7.77. The molecule has 6 heteroatoms. The lowest BCUT2D eigenvalue weighted by Gasteiger charge is -2.19. The normalized spacial score (nSPS) is 10.3. The van der Waals surface area contributed by atoms with Crippen LogP contribution in [-0.2, 0) is 11.2 Å². The van der Waals surface area contributed by atoms with Gasteiger partial charge in [-0.1, -0.05) is 6.92 Å². The molecule has 0 fully saturated rings. The van der Waals surface area contributed by atoms with E-state index in [1.807, 2.05) is 25.7 Å². The third-order valence-corrected chi connectivity index (χ3v) is 3.39. The number of hydrogen-bond donors (Lipinski definition) is 2. The van der Waals surface area contributed by atoms with Gasteiger partial charge in [0.25, 0.3) is 0 Å². The van der Waals surface area contributed by atoms with Gasteiger partial charge >= 0.3 is 0 Å². The summed E-state index contributed by atoms with van der Waals surface area (Å²) in [7, 11) is 0. The molecule has 0 aromatic carbocycles. The van der Waals surface area contributed by atoms with Crippen molar-refractivity contribution in [1.29, 1.82) is 0 Å². The summed E-state index contributed by atoms with van der Waals surface area (Å²) in [4.78, 5) is 22.3. The molecule has 0 aliphatic carbocycles. The maximum Gasteiger partial charge on any atom is 0.224 e. The van der Waals surface area contributed by atoms with Crippen molar-refractivity contribution in [2.45, 2.75) is 40.5 Å². The topological polar surface area (TPSA) is 70.1 Å². The van der Waals surface area contributed by atoms with E-state index < -0.39 is 0 Å². The lowest BCUT2D eigenvalue weighted by Crippen LogP contribution is -2.31. The first-order valence-electron chi connectivity index (χ1n) is 7.77. The van der Waals surface area contributed by atoms with Crippen LogP contribution in [0.3, 0.4) is 0 Å². The van der Waals surface area contributed by atoms with Crippen molar-refractivity contribution in [2.75, 3.05) is 36.8 Å².